The molecule has 1 unspecified atom stereocenters. The van der Waals surface area contributed by atoms with E-state index in [0.29, 0.717) is 18.3 Å². The number of aryl methyl sites for hydroxylation is 1. The van der Waals surface area contributed by atoms with E-state index in [4.69, 9.17) is 0 Å². The molecule has 1 aromatic heterocycles. The van der Waals surface area contributed by atoms with Gasteiger partial charge in [-0.25, -0.2) is 8.78 Å². The minimum atomic E-state index is -0.503. The first-order chi connectivity index (χ1) is 17.0. The second-order valence-corrected chi connectivity index (χ2v) is 10.5. The predicted octanol–water partition coefficient (Wildman–Crippen LogP) is 5.33. The van der Waals surface area contributed by atoms with E-state index in [-0.39, 0.29) is 6.10 Å². The number of hydrogen-bond acceptors (Lipinski definition) is 3. The molecule has 0 spiro atoms. The van der Waals surface area contributed by atoms with E-state index >= 15 is 0 Å². The molecule has 1 atom stereocenters. The Morgan fingerprint density at radius 3 is 2.34 bits per heavy atom. The predicted molar refractivity (Wildman–Crippen MR) is 137 cm³/mol. The molecule has 0 amide bonds. The molecule has 188 valence electrons. The SMILES string of the molecule is OC(CN1CCC(c2c[nH]c3ccccc23)CC1)C1CCN(CCCc2cc(F)cc(F)c2)CC1. The minimum Gasteiger partial charge on any atom is -0.392 e. The van der Waals surface area contributed by atoms with Crippen molar-refractivity contribution in [3.63, 3.8) is 0 Å². The first-order valence-electron chi connectivity index (χ1n) is 13.2. The van der Waals surface area contributed by atoms with Gasteiger partial charge in [0.1, 0.15) is 11.6 Å². The summed E-state index contributed by atoms with van der Waals surface area (Å²) >= 11 is 0. The van der Waals surface area contributed by atoms with Crippen LogP contribution in [0.15, 0.2) is 48.7 Å². The normalized spacial score (nSPS) is 20.0. The number of aliphatic hydroxyl groups is 1. The third-order valence-electron chi connectivity index (χ3n) is 8.13. The summed E-state index contributed by atoms with van der Waals surface area (Å²) in [6, 6.07) is 12.3. The van der Waals surface area contributed by atoms with Crippen LogP contribution in [-0.2, 0) is 6.42 Å². The summed E-state index contributed by atoms with van der Waals surface area (Å²) in [5.41, 5.74) is 3.38. The number of aromatic amines is 1. The van der Waals surface area contributed by atoms with Gasteiger partial charge in [-0.2, -0.15) is 0 Å². The van der Waals surface area contributed by atoms with Crippen LogP contribution in [0.2, 0.25) is 0 Å². The number of piperidine rings is 2. The number of hydrogen-bond donors (Lipinski definition) is 2. The van der Waals surface area contributed by atoms with Crippen molar-refractivity contribution in [2.45, 2.75) is 50.5 Å². The molecule has 5 rings (SSSR count). The quantitative estimate of drug-likeness (QED) is 0.457. The molecule has 4 nitrogen and oxygen atoms in total. The zero-order valence-electron chi connectivity index (χ0n) is 20.4. The summed E-state index contributed by atoms with van der Waals surface area (Å²) in [6.45, 7) is 5.77. The monoisotopic (exact) mass is 481 g/mol. The first kappa shape index (κ1) is 24.4. The molecule has 0 radical (unpaired) electrons. The number of halogens is 2. The van der Waals surface area contributed by atoms with Gasteiger partial charge in [0.05, 0.1) is 6.10 Å². The molecule has 2 aliphatic rings. The number of nitrogens with one attached hydrogen (secondary N) is 1. The molecule has 2 fully saturated rings. The molecule has 3 aromatic rings. The number of β-amino-alcohol motifs (C(OH)–C–C–N with tert-alkyl or cyclic N) is 1. The highest BCUT2D eigenvalue weighted by molar-refractivity contribution is 5.83. The number of likely N-dealkylation sites (tertiary alicyclic amines) is 2. The van der Waals surface area contributed by atoms with Crippen molar-refractivity contribution in [3.8, 4) is 0 Å². The van der Waals surface area contributed by atoms with Crippen LogP contribution in [0.1, 0.15) is 49.1 Å². The fourth-order valence-corrected chi connectivity index (χ4v) is 6.10. The summed E-state index contributed by atoms with van der Waals surface area (Å²) in [6.07, 6.45) is 7.81. The smallest absolute Gasteiger partial charge is 0.126 e. The molecule has 6 heteroatoms. The fraction of sp³-hybridized carbons (Fsp3) is 0.517. The number of para-hydroxylation sites is 1. The molecule has 35 heavy (non-hydrogen) atoms. The molecule has 0 bridgehead atoms. The van der Waals surface area contributed by atoms with Crippen molar-refractivity contribution < 1.29 is 13.9 Å². The lowest BCUT2D eigenvalue weighted by molar-refractivity contribution is 0.0256. The Bertz CT molecular complexity index is 1080. The molecule has 2 saturated heterocycles. The number of nitrogens with zero attached hydrogens (tertiary/aromatic N) is 2. The van der Waals surface area contributed by atoms with E-state index in [1.807, 2.05) is 0 Å². The largest absolute Gasteiger partial charge is 0.392 e. The number of benzene rings is 2. The van der Waals surface area contributed by atoms with Crippen LogP contribution >= 0.6 is 0 Å². The molecule has 0 saturated carbocycles. The van der Waals surface area contributed by atoms with Gasteiger partial charge in [-0.3, -0.25) is 0 Å². The van der Waals surface area contributed by atoms with E-state index in [1.165, 1.54) is 28.6 Å². The van der Waals surface area contributed by atoms with Gasteiger partial charge < -0.3 is 19.9 Å². The Hall–Kier alpha value is -2.28. The summed E-state index contributed by atoms with van der Waals surface area (Å²) in [7, 11) is 0. The van der Waals surface area contributed by atoms with Gasteiger partial charge in [0.2, 0.25) is 0 Å². The Morgan fingerprint density at radius 2 is 1.60 bits per heavy atom. The third-order valence-corrected chi connectivity index (χ3v) is 8.13. The number of aromatic nitrogens is 1. The Balaban J connectivity index is 1.02. The van der Waals surface area contributed by atoms with Crippen LogP contribution in [0, 0.1) is 17.6 Å². The molecule has 2 aliphatic heterocycles. The van der Waals surface area contributed by atoms with Crippen molar-refractivity contribution in [1.29, 1.82) is 0 Å². The average molecular weight is 482 g/mol. The Kier molecular flexibility index (Phi) is 7.81. The highest BCUT2D eigenvalue weighted by Gasteiger charge is 2.29. The van der Waals surface area contributed by atoms with Crippen LogP contribution in [0.3, 0.4) is 0 Å². The van der Waals surface area contributed by atoms with E-state index in [2.05, 4.69) is 45.2 Å². The summed E-state index contributed by atoms with van der Waals surface area (Å²) in [4.78, 5) is 8.28. The van der Waals surface area contributed by atoms with Gasteiger partial charge in [0.15, 0.2) is 0 Å². The van der Waals surface area contributed by atoms with Crippen molar-refractivity contribution in [2.75, 3.05) is 39.3 Å². The van der Waals surface area contributed by atoms with Crippen LogP contribution in [0.4, 0.5) is 8.78 Å². The van der Waals surface area contributed by atoms with Crippen molar-refractivity contribution >= 4 is 10.9 Å². The standard InChI is InChI=1S/C29H37F2N3O/c30-24-16-21(17-25(31)18-24)4-3-11-33-12-9-23(10-13-33)29(35)20-34-14-7-22(8-15-34)27-19-32-28-6-2-1-5-26(27)28/h1-2,5-6,16-19,22-23,29,32,35H,3-4,7-15,20H2. The number of rotatable bonds is 8. The lowest BCUT2D eigenvalue weighted by atomic mass is 9.87. The maximum Gasteiger partial charge on any atom is 0.126 e. The van der Waals surface area contributed by atoms with Crippen LogP contribution in [-0.4, -0.2) is 65.3 Å². The number of H-pyrrole nitrogens is 1. The number of aliphatic hydroxyl groups excluding tert-OH is 1. The van der Waals surface area contributed by atoms with Crippen LogP contribution in [0.25, 0.3) is 10.9 Å². The lowest BCUT2D eigenvalue weighted by Gasteiger charge is -2.38. The minimum absolute atomic E-state index is 0.267. The highest BCUT2D eigenvalue weighted by atomic mass is 19.1. The molecule has 2 aromatic carbocycles. The Morgan fingerprint density at radius 1 is 0.914 bits per heavy atom. The van der Waals surface area contributed by atoms with Crippen LogP contribution < -0.4 is 0 Å². The lowest BCUT2D eigenvalue weighted by Crippen LogP contribution is -2.44. The summed E-state index contributed by atoms with van der Waals surface area (Å²) in [5, 5.41) is 12.3. The molecular weight excluding hydrogens is 444 g/mol. The van der Waals surface area contributed by atoms with Crippen molar-refractivity contribution in [2.24, 2.45) is 5.92 Å². The van der Waals surface area contributed by atoms with E-state index in [9.17, 15) is 13.9 Å². The zero-order chi connectivity index (χ0) is 24.2. The summed E-state index contributed by atoms with van der Waals surface area (Å²) < 4.78 is 26.7. The highest BCUT2D eigenvalue weighted by Crippen LogP contribution is 2.33. The first-order valence-corrected chi connectivity index (χ1v) is 13.2. The second-order valence-electron chi connectivity index (χ2n) is 10.5. The van der Waals surface area contributed by atoms with Crippen LogP contribution in [0.5, 0.6) is 0 Å². The molecule has 3 heterocycles. The fourth-order valence-electron chi connectivity index (χ4n) is 6.10. The van der Waals surface area contributed by atoms with Crippen molar-refractivity contribution in [3.05, 3.63) is 71.4 Å². The summed E-state index contributed by atoms with van der Waals surface area (Å²) in [5.74, 6) is -0.0597. The zero-order valence-corrected chi connectivity index (χ0v) is 20.4. The van der Waals surface area contributed by atoms with Gasteiger partial charge in [0, 0.05) is 29.7 Å². The van der Waals surface area contributed by atoms with E-state index in [0.717, 1.165) is 83.0 Å². The van der Waals surface area contributed by atoms with Gasteiger partial charge in [-0.05, 0) is 112 Å². The number of fused-ring (bicyclic) bond motifs is 1. The average Bonchev–Trinajstić information content (AvgIpc) is 3.29. The maximum atomic E-state index is 13.4. The maximum absolute atomic E-state index is 13.4. The molecular formula is C29H37F2N3O. The van der Waals surface area contributed by atoms with E-state index in [1.54, 1.807) is 0 Å². The van der Waals surface area contributed by atoms with Gasteiger partial charge in [-0.1, -0.05) is 18.2 Å². The van der Waals surface area contributed by atoms with Crippen molar-refractivity contribution in [1.82, 2.24) is 14.8 Å². The van der Waals surface area contributed by atoms with Gasteiger partial charge in [0.25, 0.3) is 0 Å². The second kappa shape index (κ2) is 11.2. The van der Waals surface area contributed by atoms with Gasteiger partial charge in [-0.15, -0.1) is 0 Å². The Labute approximate surface area is 206 Å². The molecule has 2 N–H and O–H groups in total. The van der Waals surface area contributed by atoms with E-state index < -0.39 is 11.6 Å². The topological polar surface area (TPSA) is 42.5 Å². The van der Waals surface area contributed by atoms with Gasteiger partial charge >= 0.3 is 0 Å². The third kappa shape index (κ3) is 6.11. The molecule has 0 aliphatic carbocycles.